The second kappa shape index (κ2) is 5.96. The van der Waals surface area contributed by atoms with Crippen LogP contribution in [-0.4, -0.2) is 4.98 Å². The number of benzene rings is 2. The average Bonchev–Trinajstić information content (AvgIpc) is 2.46. The van der Waals surface area contributed by atoms with Crippen LogP contribution in [0.3, 0.4) is 0 Å². The molecular weight excluding hydrogens is 324 g/mol. The summed E-state index contributed by atoms with van der Waals surface area (Å²) in [4.78, 5) is 4.40. The Morgan fingerprint density at radius 2 is 1.95 bits per heavy atom. The number of fused-ring (bicyclic) bond motifs is 1. The highest BCUT2D eigenvalue weighted by atomic mass is 79.9. The number of aromatic nitrogens is 1. The predicted molar refractivity (Wildman–Crippen MR) is 91.3 cm³/mol. The molecule has 3 heteroatoms. The lowest BCUT2D eigenvalue weighted by Gasteiger charge is -2.15. The molecule has 1 heterocycles. The summed E-state index contributed by atoms with van der Waals surface area (Å²) in [5, 5.41) is 1.18. The molecule has 2 N–H and O–H groups in total. The first-order valence-electron chi connectivity index (χ1n) is 6.99. The van der Waals surface area contributed by atoms with E-state index >= 15 is 0 Å². The molecule has 1 unspecified atom stereocenters. The lowest BCUT2D eigenvalue weighted by molar-refractivity contribution is 0.723. The zero-order chi connectivity index (χ0) is 14.8. The summed E-state index contributed by atoms with van der Waals surface area (Å²) in [6, 6.07) is 16.6. The molecule has 0 radical (unpaired) electrons. The molecule has 0 aliphatic carbocycles. The van der Waals surface area contributed by atoms with Crippen molar-refractivity contribution >= 4 is 26.8 Å². The first kappa shape index (κ1) is 14.2. The molecule has 0 bridgehead atoms. The van der Waals surface area contributed by atoms with Crippen molar-refractivity contribution in [2.24, 2.45) is 5.73 Å². The van der Waals surface area contributed by atoms with Crippen molar-refractivity contribution in [3.8, 4) is 0 Å². The van der Waals surface area contributed by atoms with Gasteiger partial charge >= 0.3 is 0 Å². The summed E-state index contributed by atoms with van der Waals surface area (Å²) in [5.41, 5.74) is 11.0. The molecule has 1 atom stereocenters. The zero-order valence-corrected chi connectivity index (χ0v) is 13.5. The SMILES string of the molecule is Cc1cc(Br)cc(C(N)Cc2ccnc3ccccc23)c1. The molecular formula is C18H17BrN2. The Balaban J connectivity index is 1.94. The number of para-hydroxylation sites is 1. The monoisotopic (exact) mass is 340 g/mol. The van der Waals surface area contributed by atoms with E-state index in [2.05, 4.69) is 58.2 Å². The second-order valence-corrected chi connectivity index (χ2v) is 6.28. The fourth-order valence-corrected chi connectivity index (χ4v) is 3.29. The third-order valence-electron chi connectivity index (χ3n) is 3.67. The van der Waals surface area contributed by atoms with Crippen LogP contribution >= 0.6 is 15.9 Å². The number of pyridine rings is 1. The van der Waals surface area contributed by atoms with Gasteiger partial charge in [0.2, 0.25) is 0 Å². The fourth-order valence-electron chi connectivity index (χ4n) is 2.67. The molecule has 2 aromatic carbocycles. The Bertz CT molecular complexity index is 758. The Hall–Kier alpha value is -1.71. The number of hydrogen-bond donors (Lipinski definition) is 1. The summed E-state index contributed by atoms with van der Waals surface area (Å²) in [6.45, 7) is 2.09. The Kier molecular flexibility index (Phi) is 4.04. The van der Waals surface area contributed by atoms with Crippen LogP contribution in [0.25, 0.3) is 10.9 Å². The predicted octanol–water partition coefficient (Wildman–Crippen LogP) is 4.55. The molecule has 3 aromatic rings. The summed E-state index contributed by atoms with van der Waals surface area (Å²) < 4.78 is 1.08. The highest BCUT2D eigenvalue weighted by molar-refractivity contribution is 9.10. The van der Waals surface area contributed by atoms with Crippen LogP contribution < -0.4 is 5.73 Å². The maximum Gasteiger partial charge on any atom is 0.0704 e. The topological polar surface area (TPSA) is 38.9 Å². The fraction of sp³-hybridized carbons (Fsp3) is 0.167. The minimum atomic E-state index is -0.0213. The largest absolute Gasteiger partial charge is 0.324 e. The lowest BCUT2D eigenvalue weighted by atomic mass is 9.96. The van der Waals surface area contributed by atoms with E-state index in [0.29, 0.717) is 0 Å². The second-order valence-electron chi connectivity index (χ2n) is 5.36. The van der Waals surface area contributed by atoms with Gasteiger partial charge in [-0.15, -0.1) is 0 Å². The highest BCUT2D eigenvalue weighted by Crippen LogP contribution is 2.25. The van der Waals surface area contributed by atoms with Crippen LogP contribution in [0.5, 0.6) is 0 Å². The van der Waals surface area contributed by atoms with Gasteiger partial charge in [-0.2, -0.15) is 0 Å². The van der Waals surface area contributed by atoms with Crippen molar-refractivity contribution < 1.29 is 0 Å². The van der Waals surface area contributed by atoms with E-state index < -0.39 is 0 Å². The molecule has 0 spiro atoms. The molecule has 0 saturated heterocycles. The van der Waals surface area contributed by atoms with Crippen LogP contribution in [-0.2, 0) is 6.42 Å². The minimum absolute atomic E-state index is 0.0213. The summed E-state index contributed by atoms with van der Waals surface area (Å²) in [7, 11) is 0. The maximum absolute atomic E-state index is 6.41. The third-order valence-corrected chi connectivity index (χ3v) is 4.13. The van der Waals surface area contributed by atoms with Gasteiger partial charge in [-0.3, -0.25) is 4.98 Å². The first-order chi connectivity index (χ1) is 10.1. The number of rotatable bonds is 3. The zero-order valence-electron chi connectivity index (χ0n) is 11.9. The van der Waals surface area contributed by atoms with E-state index in [4.69, 9.17) is 5.73 Å². The number of hydrogen-bond acceptors (Lipinski definition) is 2. The van der Waals surface area contributed by atoms with Gasteiger partial charge in [0.25, 0.3) is 0 Å². The maximum atomic E-state index is 6.41. The van der Waals surface area contributed by atoms with Crippen molar-refractivity contribution in [2.45, 2.75) is 19.4 Å². The smallest absolute Gasteiger partial charge is 0.0704 e. The van der Waals surface area contributed by atoms with E-state index in [1.165, 1.54) is 16.5 Å². The van der Waals surface area contributed by atoms with Crippen molar-refractivity contribution in [3.05, 3.63) is 75.9 Å². The normalized spacial score (nSPS) is 12.5. The van der Waals surface area contributed by atoms with Crippen molar-refractivity contribution in [1.29, 1.82) is 0 Å². The molecule has 0 aliphatic rings. The van der Waals surface area contributed by atoms with E-state index in [9.17, 15) is 0 Å². The number of aryl methyl sites for hydroxylation is 1. The van der Waals surface area contributed by atoms with Gasteiger partial charge < -0.3 is 5.73 Å². The van der Waals surface area contributed by atoms with Gasteiger partial charge in [0, 0.05) is 22.1 Å². The van der Waals surface area contributed by atoms with Gasteiger partial charge in [-0.1, -0.05) is 40.2 Å². The van der Waals surface area contributed by atoms with Crippen LogP contribution in [0.2, 0.25) is 0 Å². The van der Waals surface area contributed by atoms with Crippen LogP contribution in [0.1, 0.15) is 22.7 Å². The molecule has 0 fully saturated rings. The Morgan fingerprint density at radius 3 is 2.76 bits per heavy atom. The lowest BCUT2D eigenvalue weighted by Crippen LogP contribution is -2.14. The number of halogens is 1. The molecule has 0 saturated carbocycles. The summed E-state index contributed by atoms with van der Waals surface area (Å²) in [5.74, 6) is 0. The van der Waals surface area contributed by atoms with E-state index in [-0.39, 0.29) is 6.04 Å². The molecule has 1 aromatic heterocycles. The van der Waals surface area contributed by atoms with Crippen LogP contribution in [0.15, 0.2) is 59.2 Å². The Morgan fingerprint density at radius 1 is 1.14 bits per heavy atom. The molecule has 2 nitrogen and oxygen atoms in total. The standard InChI is InChI=1S/C18H17BrN2/c1-12-8-14(10-15(19)9-12)17(20)11-13-6-7-21-18-5-3-2-4-16(13)18/h2-10,17H,11,20H2,1H3. The third kappa shape index (κ3) is 3.14. The summed E-state index contributed by atoms with van der Waals surface area (Å²) >= 11 is 3.54. The number of nitrogens with zero attached hydrogens (tertiary/aromatic N) is 1. The average molecular weight is 341 g/mol. The number of nitrogens with two attached hydrogens (primary N) is 1. The van der Waals surface area contributed by atoms with Crippen molar-refractivity contribution in [1.82, 2.24) is 4.98 Å². The Labute approximate surface area is 133 Å². The van der Waals surface area contributed by atoms with Crippen LogP contribution in [0.4, 0.5) is 0 Å². The highest BCUT2D eigenvalue weighted by Gasteiger charge is 2.11. The van der Waals surface area contributed by atoms with Crippen molar-refractivity contribution in [2.75, 3.05) is 0 Å². The van der Waals surface area contributed by atoms with Gasteiger partial charge in [-0.25, -0.2) is 0 Å². The first-order valence-corrected chi connectivity index (χ1v) is 7.78. The molecule has 0 amide bonds. The van der Waals surface area contributed by atoms with Gasteiger partial charge in [0.1, 0.15) is 0 Å². The van der Waals surface area contributed by atoms with Gasteiger partial charge in [0.05, 0.1) is 5.52 Å². The minimum Gasteiger partial charge on any atom is -0.324 e. The summed E-state index contributed by atoms with van der Waals surface area (Å²) in [6.07, 6.45) is 2.66. The van der Waals surface area contributed by atoms with Gasteiger partial charge in [0.15, 0.2) is 0 Å². The van der Waals surface area contributed by atoms with Crippen molar-refractivity contribution in [3.63, 3.8) is 0 Å². The quantitative estimate of drug-likeness (QED) is 0.759. The van der Waals surface area contributed by atoms with E-state index in [1.54, 1.807) is 0 Å². The molecule has 0 aliphatic heterocycles. The van der Waals surface area contributed by atoms with E-state index in [1.807, 2.05) is 24.4 Å². The molecule has 21 heavy (non-hydrogen) atoms. The van der Waals surface area contributed by atoms with E-state index in [0.717, 1.165) is 22.0 Å². The van der Waals surface area contributed by atoms with Crippen LogP contribution in [0, 0.1) is 6.92 Å². The van der Waals surface area contributed by atoms with Gasteiger partial charge in [-0.05, 0) is 54.3 Å². The molecule has 106 valence electrons. The molecule has 3 rings (SSSR count).